The van der Waals surface area contributed by atoms with Crippen LogP contribution in [-0.2, 0) is 4.79 Å². The van der Waals surface area contributed by atoms with Gasteiger partial charge in [-0.2, -0.15) is 0 Å². The predicted molar refractivity (Wildman–Crippen MR) is 111 cm³/mol. The fraction of sp³-hybridized carbons (Fsp3) is 0.286. The van der Waals surface area contributed by atoms with Gasteiger partial charge in [0.05, 0.1) is 11.4 Å². The average molecular weight is 381 g/mol. The summed E-state index contributed by atoms with van der Waals surface area (Å²) in [6.07, 6.45) is 1.70. The second-order valence-electron chi connectivity index (χ2n) is 6.76. The van der Waals surface area contributed by atoms with Gasteiger partial charge in [-0.05, 0) is 51.5 Å². The molecule has 1 aromatic heterocycles. The van der Waals surface area contributed by atoms with E-state index in [9.17, 15) is 4.79 Å². The Morgan fingerprint density at radius 3 is 2.56 bits per heavy atom. The average Bonchev–Trinajstić information content (AvgIpc) is 3.09. The second-order valence-corrected chi connectivity index (χ2v) is 7.70. The van der Waals surface area contributed by atoms with Crippen LogP contribution in [0.3, 0.4) is 0 Å². The highest BCUT2D eigenvalue weighted by atomic mass is 32.2. The van der Waals surface area contributed by atoms with Crippen LogP contribution >= 0.6 is 11.8 Å². The Morgan fingerprint density at radius 2 is 1.89 bits per heavy atom. The molecule has 1 amide bonds. The lowest BCUT2D eigenvalue weighted by molar-refractivity contribution is -0.116. The summed E-state index contributed by atoms with van der Waals surface area (Å²) in [6, 6.07) is 16.1. The van der Waals surface area contributed by atoms with E-state index in [0.717, 1.165) is 16.9 Å². The molecule has 0 fully saturated rings. The van der Waals surface area contributed by atoms with Gasteiger partial charge >= 0.3 is 0 Å². The van der Waals surface area contributed by atoms with Gasteiger partial charge in [0.2, 0.25) is 5.91 Å². The number of amides is 1. The van der Waals surface area contributed by atoms with Crippen LogP contribution in [0.5, 0.6) is 0 Å². The van der Waals surface area contributed by atoms with Crippen LogP contribution in [-0.4, -0.2) is 32.5 Å². The van der Waals surface area contributed by atoms with Gasteiger partial charge in [-0.25, -0.2) is 0 Å². The van der Waals surface area contributed by atoms with Crippen LogP contribution in [0.25, 0.3) is 5.69 Å². The molecule has 0 radical (unpaired) electrons. The number of aromatic nitrogens is 3. The molecule has 0 bridgehead atoms. The zero-order valence-corrected chi connectivity index (χ0v) is 16.9. The third kappa shape index (κ3) is 4.39. The molecule has 0 aliphatic rings. The minimum atomic E-state index is 0.0522. The molecule has 0 aliphatic heterocycles. The molecule has 0 spiro atoms. The number of para-hydroxylation sites is 1. The number of carbonyl (C=O) groups excluding carboxylic acids is 1. The molecule has 6 heteroatoms. The van der Waals surface area contributed by atoms with E-state index >= 15 is 0 Å². The van der Waals surface area contributed by atoms with E-state index in [1.807, 2.05) is 53.6 Å². The first-order chi connectivity index (χ1) is 13.0. The van der Waals surface area contributed by atoms with Gasteiger partial charge in [-0.15, -0.1) is 10.2 Å². The van der Waals surface area contributed by atoms with Gasteiger partial charge in [0.25, 0.3) is 0 Å². The van der Waals surface area contributed by atoms with Crippen molar-refractivity contribution in [1.29, 1.82) is 0 Å². The number of hydrogen-bond acceptors (Lipinski definition) is 4. The summed E-state index contributed by atoms with van der Waals surface area (Å²) in [5, 5.41) is 8.97. The molecular formula is C21H24N4OS. The standard InChI is InChI=1S/C21H24N4OS/c1-15(2)25(18-8-6-5-7-9-18)20(26)13-27-21-23-22-14-24(21)19-11-10-16(3)12-17(19)4/h5-12,14-15H,13H2,1-4H3. The van der Waals surface area contributed by atoms with Gasteiger partial charge in [0.15, 0.2) is 5.16 Å². The van der Waals surface area contributed by atoms with Crippen molar-refractivity contribution in [2.75, 3.05) is 10.7 Å². The summed E-state index contributed by atoms with van der Waals surface area (Å²) in [4.78, 5) is 14.7. The lowest BCUT2D eigenvalue weighted by atomic mass is 10.1. The summed E-state index contributed by atoms with van der Waals surface area (Å²) >= 11 is 1.41. The molecule has 0 saturated carbocycles. The minimum absolute atomic E-state index is 0.0522. The molecule has 140 valence electrons. The highest BCUT2D eigenvalue weighted by molar-refractivity contribution is 7.99. The number of benzene rings is 2. The summed E-state index contributed by atoms with van der Waals surface area (Å²) < 4.78 is 1.94. The van der Waals surface area contributed by atoms with Crippen LogP contribution in [0, 0.1) is 13.8 Å². The van der Waals surface area contributed by atoms with Crippen LogP contribution in [0.1, 0.15) is 25.0 Å². The van der Waals surface area contributed by atoms with Crippen molar-refractivity contribution in [3.8, 4) is 5.69 Å². The number of carbonyl (C=O) groups is 1. The Morgan fingerprint density at radius 1 is 1.15 bits per heavy atom. The van der Waals surface area contributed by atoms with E-state index in [1.165, 1.54) is 17.3 Å². The van der Waals surface area contributed by atoms with E-state index < -0.39 is 0 Å². The largest absolute Gasteiger partial charge is 0.309 e. The van der Waals surface area contributed by atoms with Crippen molar-refractivity contribution < 1.29 is 4.79 Å². The first-order valence-corrected chi connectivity index (χ1v) is 9.93. The molecule has 0 N–H and O–H groups in total. The minimum Gasteiger partial charge on any atom is -0.309 e. The van der Waals surface area contributed by atoms with Gasteiger partial charge < -0.3 is 4.90 Å². The monoisotopic (exact) mass is 380 g/mol. The maximum atomic E-state index is 12.9. The molecule has 2 aromatic carbocycles. The Hall–Kier alpha value is -2.60. The Bertz CT molecular complexity index is 921. The topological polar surface area (TPSA) is 51.0 Å². The third-order valence-electron chi connectivity index (χ3n) is 4.27. The van der Waals surface area contributed by atoms with Gasteiger partial charge in [0, 0.05) is 11.7 Å². The molecule has 0 unspecified atom stereocenters. The van der Waals surface area contributed by atoms with Crippen molar-refractivity contribution in [3.63, 3.8) is 0 Å². The Balaban J connectivity index is 1.77. The van der Waals surface area contributed by atoms with Crippen LogP contribution < -0.4 is 4.90 Å². The summed E-state index contributed by atoms with van der Waals surface area (Å²) in [5.74, 6) is 0.354. The van der Waals surface area contributed by atoms with Crippen molar-refractivity contribution in [3.05, 3.63) is 66.0 Å². The maximum Gasteiger partial charge on any atom is 0.237 e. The molecule has 3 aromatic rings. The smallest absolute Gasteiger partial charge is 0.237 e. The second kappa shape index (κ2) is 8.39. The normalized spacial score (nSPS) is 11.0. The van der Waals surface area contributed by atoms with E-state index in [-0.39, 0.29) is 11.9 Å². The number of nitrogens with zero attached hydrogens (tertiary/aromatic N) is 4. The molecular weight excluding hydrogens is 356 g/mol. The predicted octanol–water partition coefficient (Wildman–Crippen LogP) is 4.42. The molecule has 0 saturated heterocycles. The fourth-order valence-corrected chi connectivity index (χ4v) is 3.86. The summed E-state index contributed by atoms with van der Waals surface area (Å²) in [7, 11) is 0. The van der Waals surface area contributed by atoms with Crippen molar-refractivity contribution >= 4 is 23.4 Å². The number of aryl methyl sites for hydroxylation is 2. The number of thioether (sulfide) groups is 1. The van der Waals surface area contributed by atoms with Crippen molar-refractivity contribution in [2.24, 2.45) is 0 Å². The van der Waals surface area contributed by atoms with Crippen LogP contribution in [0.4, 0.5) is 5.69 Å². The highest BCUT2D eigenvalue weighted by Crippen LogP contribution is 2.24. The van der Waals surface area contributed by atoms with Crippen molar-refractivity contribution in [2.45, 2.75) is 38.9 Å². The third-order valence-corrected chi connectivity index (χ3v) is 5.20. The van der Waals surface area contributed by atoms with E-state index in [2.05, 4.69) is 42.2 Å². The van der Waals surface area contributed by atoms with Gasteiger partial charge in [-0.1, -0.05) is 47.7 Å². The quantitative estimate of drug-likeness (QED) is 0.594. The lowest BCUT2D eigenvalue weighted by Gasteiger charge is -2.26. The SMILES string of the molecule is Cc1ccc(-n2cnnc2SCC(=O)N(c2ccccc2)C(C)C)c(C)c1. The molecule has 27 heavy (non-hydrogen) atoms. The lowest BCUT2D eigenvalue weighted by Crippen LogP contribution is -2.38. The van der Waals surface area contributed by atoms with Gasteiger partial charge in [-0.3, -0.25) is 9.36 Å². The Labute approximate surface area is 164 Å². The molecule has 3 rings (SSSR count). The fourth-order valence-electron chi connectivity index (χ4n) is 3.08. The first-order valence-electron chi connectivity index (χ1n) is 8.95. The van der Waals surface area contributed by atoms with Crippen molar-refractivity contribution in [1.82, 2.24) is 14.8 Å². The maximum absolute atomic E-state index is 12.9. The molecule has 5 nitrogen and oxygen atoms in total. The Kier molecular flexibility index (Phi) is 5.96. The number of rotatable bonds is 6. The molecule has 1 heterocycles. The van der Waals surface area contributed by atoms with Gasteiger partial charge in [0.1, 0.15) is 6.33 Å². The number of hydrogen-bond donors (Lipinski definition) is 0. The van der Waals surface area contributed by atoms with Crippen LogP contribution in [0.2, 0.25) is 0 Å². The summed E-state index contributed by atoms with van der Waals surface area (Å²) in [5.41, 5.74) is 4.30. The zero-order valence-electron chi connectivity index (χ0n) is 16.1. The van der Waals surface area contributed by atoms with E-state index in [1.54, 1.807) is 6.33 Å². The van der Waals surface area contributed by atoms with Crippen LogP contribution in [0.15, 0.2) is 60.0 Å². The zero-order chi connectivity index (χ0) is 19.4. The van der Waals surface area contributed by atoms with E-state index in [0.29, 0.717) is 10.9 Å². The molecule has 0 aliphatic carbocycles. The first kappa shape index (κ1) is 19.2. The van der Waals surface area contributed by atoms with E-state index in [4.69, 9.17) is 0 Å². The molecule has 0 atom stereocenters. The summed E-state index contributed by atoms with van der Waals surface area (Å²) in [6.45, 7) is 8.18. The number of anilines is 1. The highest BCUT2D eigenvalue weighted by Gasteiger charge is 2.20.